The zero-order chi connectivity index (χ0) is 24.6. The van der Waals surface area contributed by atoms with Gasteiger partial charge in [-0.2, -0.15) is 0 Å². The molecule has 1 spiro atoms. The first-order valence-corrected chi connectivity index (χ1v) is 14.4. The van der Waals surface area contributed by atoms with Crippen LogP contribution in [0, 0.1) is 50.2 Å². The molecule has 0 aromatic heterocycles. The SMILES string of the molecule is CC1(C)CC[C@]23CO[C@@]4(CC[C@@H]5[C@@]6(C)CC[C@H](O)[C@@](C)(CO)[C@@H]6CC[C@@]5(C)[C@]4(C)C[C@H]2O)[C@@H]3C1. The molecule has 1 heterocycles. The first kappa shape index (κ1) is 24.2. The fourth-order valence-corrected chi connectivity index (χ4v) is 12.1. The summed E-state index contributed by atoms with van der Waals surface area (Å²) in [4.78, 5) is 0. The minimum atomic E-state index is -0.414. The predicted octanol–water partition coefficient (Wildman–Crippen LogP) is 5.32. The van der Waals surface area contributed by atoms with Crippen LogP contribution in [0.15, 0.2) is 0 Å². The highest BCUT2D eigenvalue weighted by Gasteiger charge is 2.79. The molecule has 6 aliphatic rings. The number of ether oxygens (including phenoxy) is 1. The maximum absolute atomic E-state index is 11.9. The van der Waals surface area contributed by atoms with E-state index >= 15 is 0 Å². The molecule has 2 bridgehead atoms. The standard InChI is InChI=1S/C30H50O4/c1-24(2)13-14-29-18-34-30(21(29)15-24)12-8-20-25(3)10-9-22(32)26(4,17-31)19(25)7-11-27(20,5)28(30,6)16-23(29)33/h19-23,31-33H,7-18H2,1-6H3/t19-,20-,21-,22+,23-,25+,26+,27-,28+,29-,30+/m1/s1. The lowest BCUT2D eigenvalue weighted by Gasteiger charge is -2.75. The monoisotopic (exact) mass is 474 g/mol. The van der Waals surface area contributed by atoms with Gasteiger partial charge in [0.2, 0.25) is 0 Å². The van der Waals surface area contributed by atoms with Gasteiger partial charge in [0.15, 0.2) is 0 Å². The number of fused-ring (bicyclic) bond motifs is 4. The van der Waals surface area contributed by atoms with E-state index in [0.717, 1.165) is 51.6 Å². The maximum Gasteiger partial charge on any atom is 0.0777 e. The summed E-state index contributed by atoms with van der Waals surface area (Å²) in [7, 11) is 0. The highest BCUT2D eigenvalue weighted by Crippen LogP contribution is 2.80. The number of rotatable bonds is 1. The third-order valence-corrected chi connectivity index (χ3v) is 14.3. The molecule has 194 valence electrons. The van der Waals surface area contributed by atoms with Gasteiger partial charge in [-0.1, -0.05) is 41.5 Å². The second-order valence-corrected chi connectivity index (χ2v) is 15.7. The summed E-state index contributed by atoms with van der Waals surface area (Å²) in [5, 5.41) is 33.3. The van der Waals surface area contributed by atoms with E-state index in [9.17, 15) is 15.3 Å². The summed E-state index contributed by atoms with van der Waals surface area (Å²) in [5.41, 5.74) is -0.108. The van der Waals surface area contributed by atoms with Gasteiger partial charge in [0.25, 0.3) is 0 Å². The minimum absolute atomic E-state index is 0.0380. The van der Waals surface area contributed by atoms with Gasteiger partial charge in [-0.25, -0.2) is 0 Å². The topological polar surface area (TPSA) is 69.9 Å². The predicted molar refractivity (Wildman–Crippen MR) is 133 cm³/mol. The third kappa shape index (κ3) is 2.46. The second-order valence-electron chi connectivity index (χ2n) is 15.7. The van der Waals surface area contributed by atoms with Crippen molar-refractivity contribution >= 4 is 0 Å². The molecule has 0 amide bonds. The van der Waals surface area contributed by atoms with E-state index in [1.54, 1.807) is 0 Å². The largest absolute Gasteiger partial charge is 0.396 e. The van der Waals surface area contributed by atoms with E-state index in [1.807, 2.05) is 0 Å². The zero-order valence-corrected chi connectivity index (χ0v) is 22.6. The Bertz CT molecular complexity index is 872. The molecule has 11 atom stereocenters. The Labute approximate surface area is 207 Å². The summed E-state index contributed by atoms with van der Waals surface area (Å²) in [6.45, 7) is 15.4. The average molecular weight is 475 g/mol. The molecule has 5 saturated carbocycles. The lowest BCUT2D eigenvalue weighted by Crippen LogP contribution is -2.74. The van der Waals surface area contributed by atoms with E-state index in [4.69, 9.17) is 4.74 Å². The van der Waals surface area contributed by atoms with E-state index in [0.29, 0.717) is 23.2 Å². The Kier molecular flexibility index (Phi) is 4.86. The van der Waals surface area contributed by atoms with Crippen LogP contribution in [0.25, 0.3) is 0 Å². The smallest absolute Gasteiger partial charge is 0.0777 e. The van der Waals surface area contributed by atoms with Crippen LogP contribution in [-0.4, -0.2) is 46.3 Å². The Morgan fingerprint density at radius 2 is 1.44 bits per heavy atom. The fraction of sp³-hybridized carbons (Fsp3) is 1.00. The molecule has 1 saturated heterocycles. The van der Waals surface area contributed by atoms with E-state index in [1.165, 1.54) is 19.3 Å². The second kappa shape index (κ2) is 6.83. The summed E-state index contributed by atoms with van der Waals surface area (Å²) >= 11 is 0. The van der Waals surface area contributed by atoms with Crippen LogP contribution in [0.4, 0.5) is 0 Å². The first-order valence-electron chi connectivity index (χ1n) is 14.4. The molecular formula is C30H50O4. The van der Waals surface area contributed by atoms with Gasteiger partial charge in [0, 0.05) is 16.2 Å². The number of hydrogen-bond acceptors (Lipinski definition) is 4. The van der Waals surface area contributed by atoms with Gasteiger partial charge < -0.3 is 20.1 Å². The molecule has 4 heteroatoms. The summed E-state index contributed by atoms with van der Waals surface area (Å²) < 4.78 is 7.10. The van der Waals surface area contributed by atoms with Crippen molar-refractivity contribution in [2.24, 2.45) is 50.2 Å². The quantitative estimate of drug-likeness (QED) is 0.481. The van der Waals surface area contributed by atoms with Crippen molar-refractivity contribution in [3.63, 3.8) is 0 Å². The first-order chi connectivity index (χ1) is 15.7. The van der Waals surface area contributed by atoms with Crippen molar-refractivity contribution in [3.05, 3.63) is 0 Å². The molecule has 1 aliphatic heterocycles. The molecule has 6 rings (SSSR count). The van der Waals surface area contributed by atoms with Crippen LogP contribution in [0.1, 0.15) is 106 Å². The van der Waals surface area contributed by atoms with Gasteiger partial charge in [-0.3, -0.25) is 0 Å². The highest BCUT2D eigenvalue weighted by atomic mass is 16.5. The van der Waals surface area contributed by atoms with E-state index in [2.05, 4.69) is 41.5 Å². The number of aliphatic hydroxyl groups excluding tert-OH is 3. The highest BCUT2D eigenvalue weighted by molar-refractivity contribution is 5.28. The normalized spacial score (nSPS) is 62.2. The molecule has 4 nitrogen and oxygen atoms in total. The van der Waals surface area contributed by atoms with Crippen molar-refractivity contribution in [3.8, 4) is 0 Å². The minimum Gasteiger partial charge on any atom is -0.396 e. The van der Waals surface area contributed by atoms with Gasteiger partial charge in [0.05, 0.1) is 31.0 Å². The Hall–Kier alpha value is -0.160. The summed E-state index contributed by atoms with van der Waals surface area (Å²) in [6, 6.07) is 0. The van der Waals surface area contributed by atoms with Gasteiger partial charge in [-0.05, 0) is 98.2 Å². The van der Waals surface area contributed by atoms with E-state index < -0.39 is 11.5 Å². The Morgan fingerprint density at radius 1 is 0.735 bits per heavy atom. The van der Waals surface area contributed by atoms with Gasteiger partial charge >= 0.3 is 0 Å². The summed E-state index contributed by atoms with van der Waals surface area (Å²) in [5.74, 6) is 1.33. The molecule has 5 aliphatic carbocycles. The molecule has 0 unspecified atom stereocenters. The molecular weight excluding hydrogens is 424 g/mol. The van der Waals surface area contributed by atoms with Crippen LogP contribution in [0.3, 0.4) is 0 Å². The molecule has 3 N–H and O–H groups in total. The lowest BCUT2D eigenvalue weighted by atomic mass is 9.30. The van der Waals surface area contributed by atoms with E-state index in [-0.39, 0.29) is 40.0 Å². The van der Waals surface area contributed by atoms with Crippen molar-refractivity contribution < 1.29 is 20.1 Å². The van der Waals surface area contributed by atoms with Gasteiger partial charge in [-0.15, -0.1) is 0 Å². The van der Waals surface area contributed by atoms with Crippen LogP contribution in [0.2, 0.25) is 0 Å². The fourth-order valence-electron chi connectivity index (χ4n) is 12.1. The maximum atomic E-state index is 11.9. The molecule has 0 aromatic carbocycles. The van der Waals surface area contributed by atoms with Crippen LogP contribution >= 0.6 is 0 Å². The third-order valence-electron chi connectivity index (χ3n) is 14.3. The lowest BCUT2D eigenvalue weighted by molar-refractivity contribution is -0.300. The number of hydrogen-bond donors (Lipinski definition) is 3. The van der Waals surface area contributed by atoms with Crippen molar-refractivity contribution in [2.45, 2.75) is 124 Å². The Morgan fingerprint density at radius 3 is 2.15 bits per heavy atom. The van der Waals surface area contributed by atoms with Crippen LogP contribution in [-0.2, 0) is 4.74 Å². The molecule has 34 heavy (non-hydrogen) atoms. The number of aliphatic hydroxyl groups is 3. The molecule has 6 fully saturated rings. The van der Waals surface area contributed by atoms with Gasteiger partial charge in [0.1, 0.15) is 0 Å². The molecule has 0 radical (unpaired) electrons. The van der Waals surface area contributed by atoms with Crippen molar-refractivity contribution in [1.29, 1.82) is 0 Å². The van der Waals surface area contributed by atoms with Crippen LogP contribution < -0.4 is 0 Å². The zero-order valence-electron chi connectivity index (χ0n) is 22.6. The Balaban J connectivity index is 1.45. The average Bonchev–Trinajstić information content (AvgIpc) is 3.04. The van der Waals surface area contributed by atoms with Crippen LogP contribution in [0.5, 0.6) is 0 Å². The van der Waals surface area contributed by atoms with Crippen molar-refractivity contribution in [1.82, 2.24) is 0 Å². The summed E-state index contributed by atoms with van der Waals surface area (Å²) in [6.07, 6.45) is 9.95. The van der Waals surface area contributed by atoms with Crippen molar-refractivity contribution in [2.75, 3.05) is 13.2 Å². The molecule has 0 aromatic rings.